The Balaban J connectivity index is 1.39. The van der Waals surface area contributed by atoms with Crippen molar-refractivity contribution in [1.82, 2.24) is 0 Å². The first-order chi connectivity index (χ1) is 29.0. The molecule has 59 heavy (non-hydrogen) atoms. The van der Waals surface area contributed by atoms with Crippen LogP contribution in [-0.4, -0.2) is 5.92 Å². The Kier molecular flexibility index (Phi) is 11.3. The van der Waals surface area contributed by atoms with Gasteiger partial charge >= 0.3 is 358 Å². The maximum atomic E-state index is 2.88. The van der Waals surface area contributed by atoms with Crippen LogP contribution in [0.25, 0.3) is 56.0 Å². The first-order valence-electron chi connectivity index (χ1n) is 22.8. The zero-order valence-electron chi connectivity index (χ0n) is 36.0. The van der Waals surface area contributed by atoms with Gasteiger partial charge in [-0.15, -0.1) is 0 Å². The summed E-state index contributed by atoms with van der Waals surface area (Å²) in [7, 11) is 0. The molecule has 2 aliphatic carbocycles. The molecule has 7 aromatic rings. The summed E-state index contributed by atoms with van der Waals surface area (Å²) < 4.78 is 3.89. The molecule has 9 rings (SSSR count). The number of hydrogen-bond acceptors (Lipinski definition) is 0. The van der Waals surface area contributed by atoms with E-state index in [4.69, 9.17) is 0 Å². The van der Waals surface area contributed by atoms with Crippen molar-refractivity contribution in [1.29, 1.82) is 0 Å². The van der Waals surface area contributed by atoms with Crippen LogP contribution in [0.1, 0.15) is 95.7 Å². The van der Waals surface area contributed by atoms with Crippen LogP contribution in [0.5, 0.6) is 0 Å². The van der Waals surface area contributed by atoms with Gasteiger partial charge in [0.05, 0.1) is 0 Å². The van der Waals surface area contributed by atoms with E-state index >= 15 is 0 Å². The van der Waals surface area contributed by atoms with Crippen molar-refractivity contribution >= 4 is 44.8 Å². The number of benzene rings is 7. The van der Waals surface area contributed by atoms with Crippen molar-refractivity contribution in [3.63, 3.8) is 0 Å². The maximum absolute atomic E-state index is 4.43. The Hall–Kier alpha value is -4.36. The number of unbranched alkanes of at least 4 members (excludes halogenated alkanes) is 2. The standard InChI is InChI=1S/2C21H17.C7H9Si.2C4H9.Zr/c2*1-2-15-13-17-9-6-12-20(21(17)14-15)19-11-5-8-16-7-3-4-10-18(16)19;1-8-7-5-3-2-4-6-7;2*1-3-4-2;/h2*3-14H,2H2,1H3;2-6,8H,1H3;2*1,3-4H2,2H3;. The molecule has 0 aromatic heterocycles. The van der Waals surface area contributed by atoms with Gasteiger partial charge in [-0.25, -0.2) is 0 Å². The van der Waals surface area contributed by atoms with Crippen LogP contribution in [0.2, 0.25) is 14.8 Å². The molecule has 0 radical (unpaired) electrons. The van der Waals surface area contributed by atoms with Crippen molar-refractivity contribution in [3.05, 3.63) is 185 Å². The molecule has 2 heteroatoms. The van der Waals surface area contributed by atoms with E-state index < -0.39 is 23.9 Å². The molecule has 0 fully saturated rings. The van der Waals surface area contributed by atoms with Crippen LogP contribution in [0.4, 0.5) is 0 Å². The topological polar surface area (TPSA) is 0 Å². The molecule has 0 N–H and O–H groups in total. The fraction of sp³-hybridized carbons (Fsp3) is 0.263. The van der Waals surface area contributed by atoms with E-state index in [1.54, 1.807) is 27.5 Å². The normalized spacial score (nSPS) is 17.3. The summed E-state index contributed by atoms with van der Waals surface area (Å²) in [6, 6.07) is 59.0. The molecule has 0 nitrogen and oxygen atoms in total. The molecule has 2 aliphatic rings. The Bertz CT molecular complexity index is 2540. The Morgan fingerprint density at radius 1 is 0.441 bits per heavy atom. The summed E-state index contributed by atoms with van der Waals surface area (Å²) in [4.78, 5) is 0. The van der Waals surface area contributed by atoms with Crippen LogP contribution in [0.15, 0.2) is 163 Å². The zero-order valence-corrected chi connectivity index (χ0v) is 39.6. The van der Waals surface area contributed by atoms with E-state index in [-0.39, 0.29) is 0 Å². The van der Waals surface area contributed by atoms with Gasteiger partial charge in [-0.05, 0) is 0 Å². The summed E-state index contributed by atoms with van der Waals surface area (Å²) in [5.74, 6) is -1.67. The second-order valence-electron chi connectivity index (χ2n) is 18.0. The van der Waals surface area contributed by atoms with Gasteiger partial charge in [0.15, 0.2) is 0 Å². The third-order valence-electron chi connectivity index (χ3n) is 15.5. The number of allylic oxidation sites excluding steroid dienone is 2. The van der Waals surface area contributed by atoms with Crippen LogP contribution in [0.3, 0.4) is 0 Å². The van der Waals surface area contributed by atoms with Crippen LogP contribution >= 0.6 is 0 Å². The molecule has 0 saturated heterocycles. The average molecular weight is 865 g/mol. The van der Waals surface area contributed by atoms with E-state index in [9.17, 15) is 0 Å². The average Bonchev–Trinajstić information content (AvgIpc) is 3.89. The fourth-order valence-corrected chi connectivity index (χ4v) is 66.5. The first kappa shape index (κ1) is 40.1. The molecule has 0 saturated carbocycles. The second kappa shape index (κ2) is 16.6. The van der Waals surface area contributed by atoms with Gasteiger partial charge in [-0.3, -0.25) is 0 Å². The van der Waals surface area contributed by atoms with Crippen molar-refractivity contribution in [3.8, 4) is 22.3 Å². The Morgan fingerprint density at radius 2 is 0.847 bits per heavy atom. The van der Waals surface area contributed by atoms with Gasteiger partial charge in [0.25, 0.3) is 0 Å². The minimum absolute atomic E-state index is 0.512. The predicted octanol–water partition coefficient (Wildman–Crippen LogP) is 16.1. The third kappa shape index (κ3) is 6.39. The molecular weight excluding hydrogens is 804 g/mol. The van der Waals surface area contributed by atoms with Crippen molar-refractivity contribution < 1.29 is 17.9 Å². The predicted molar refractivity (Wildman–Crippen MR) is 259 cm³/mol. The van der Waals surface area contributed by atoms with E-state index in [1.807, 2.05) is 0 Å². The van der Waals surface area contributed by atoms with Crippen molar-refractivity contribution in [2.75, 3.05) is 0 Å². The molecule has 3 atom stereocenters. The van der Waals surface area contributed by atoms with E-state index in [0.29, 0.717) is 7.25 Å². The van der Waals surface area contributed by atoms with Crippen molar-refractivity contribution in [2.24, 2.45) is 0 Å². The van der Waals surface area contributed by atoms with Gasteiger partial charge in [0.1, 0.15) is 0 Å². The second-order valence-corrected chi connectivity index (χ2v) is 50.3. The molecule has 0 heterocycles. The molecular formula is C57H61SiZr. The van der Waals surface area contributed by atoms with Crippen LogP contribution < -0.4 is 5.19 Å². The summed E-state index contributed by atoms with van der Waals surface area (Å²) in [5, 5.41) is 7.05. The van der Waals surface area contributed by atoms with E-state index in [2.05, 4.69) is 198 Å². The third-order valence-corrected chi connectivity index (χ3v) is 63.7. The van der Waals surface area contributed by atoms with Crippen LogP contribution in [0, 0.1) is 0 Å². The van der Waals surface area contributed by atoms with Gasteiger partial charge in [0, 0.05) is 0 Å². The molecule has 297 valence electrons. The summed E-state index contributed by atoms with van der Waals surface area (Å²) in [6.45, 7) is 12.8. The summed E-state index contributed by atoms with van der Waals surface area (Å²) in [6.07, 6.45) is 12.8. The monoisotopic (exact) mass is 863 g/mol. The number of fused-ring (bicyclic) bond motifs is 4. The zero-order chi connectivity index (χ0) is 40.6. The Labute approximate surface area is 355 Å². The number of rotatable bonds is 14. The van der Waals surface area contributed by atoms with Gasteiger partial charge in [-0.2, -0.15) is 0 Å². The fourth-order valence-electron chi connectivity index (χ4n) is 12.9. The van der Waals surface area contributed by atoms with E-state index in [0.717, 1.165) is 12.8 Å². The van der Waals surface area contributed by atoms with E-state index in [1.165, 1.54) is 88.9 Å². The molecule has 0 aliphatic heterocycles. The van der Waals surface area contributed by atoms with Gasteiger partial charge in [0.2, 0.25) is 0 Å². The quantitative estimate of drug-likeness (QED) is 0.0956. The molecule has 0 spiro atoms. The SMILES string of the molecule is CCC[CH2][Zr]([CH2]CCC)([CH]1C(CC)=Cc2c(-c3cccc4ccccc34)cccc21)([CH]1C(CC)=Cc2c(-c3cccc4ccccc34)cccc21)[SiH](C)c1ccccc1. The summed E-state index contributed by atoms with van der Waals surface area (Å²) in [5.41, 5.74) is 15.4. The first-order valence-corrected chi connectivity index (χ1v) is 35.7. The minimum atomic E-state index is -4.43. The Morgan fingerprint density at radius 3 is 1.31 bits per heavy atom. The van der Waals surface area contributed by atoms with Crippen LogP contribution in [-0.2, 0) is 17.9 Å². The van der Waals surface area contributed by atoms with Gasteiger partial charge in [-0.1, -0.05) is 0 Å². The molecule has 0 amide bonds. The molecule has 7 aromatic carbocycles. The summed E-state index contributed by atoms with van der Waals surface area (Å²) >= 11 is -4.43. The van der Waals surface area contributed by atoms with Crippen molar-refractivity contribution in [2.45, 2.75) is 88.3 Å². The number of hydrogen-bond donors (Lipinski definition) is 0. The van der Waals surface area contributed by atoms with Gasteiger partial charge < -0.3 is 0 Å². The molecule has 3 unspecified atom stereocenters. The molecule has 0 bridgehead atoms.